The van der Waals surface area contributed by atoms with Crippen molar-refractivity contribution in [3.05, 3.63) is 35.9 Å². The zero-order valence-electron chi connectivity index (χ0n) is 5.81. The van der Waals surface area contributed by atoms with Crippen LogP contribution in [0.1, 0.15) is 9.49 Å². The van der Waals surface area contributed by atoms with Crippen LogP contribution in [0, 0.1) is 0 Å². The smallest absolute Gasteiger partial charge is 0.167 e. The maximum atomic E-state index is 8.82. The molecule has 1 aromatic carbocycles. The van der Waals surface area contributed by atoms with Crippen molar-refractivity contribution in [1.29, 1.82) is 0 Å². The molecule has 0 heterocycles. The van der Waals surface area contributed by atoms with Gasteiger partial charge >= 0.3 is 0 Å². The summed E-state index contributed by atoms with van der Waals surface area (Å²) in [7, 11) is 0. The van der Waals surface area contributed by atoms with Crippen LogP contribution in [-0.4, -0.2) is 16.5 Å². The summed E-state index contributed by atoms with van der Waals surface area (Å²) in [6.45, 7) is 0. The van der Waals surface area contributed by atoms with Crippen LogP contribution in [0.2, 0.25) is 0 Å². The number of halogens is 1. The van der Waals surface area contributed by atoms with Crippen LogP contribution in [0.4, 0.5) is 0 Å². The zero-order valence-corrected chi connectivity index (χ0v) is 7.97. The van der Waals surface area contributed by atoms with E-state index in [0.29, 0.717) is 0 Å². The number of aliphatic hydroxyl groups is 2. The van der Waals surface area contributed by atoms with Gasteiger partial charge in [-0.3, -0.25) is 0 Å². The van der Waals surface area contributed by atoms with Crippen molar-refractivity contribution in [2.24, 2.45) is 0 Å². The zero-order chi connectivity index (χ0) is 8.27. The summed E-state index contributed by atoms with van der Waals surface area (Å²) in [5.74, 6) is 0. The van der Waals surface area contributed by atoms with Gasteiger partial charge in [0.2, 0.25) is 0 Å². The van der Waals surface area contributed by atoms with E-state index < -0.39 is 6.29 Å². The lowest BCUT2D eigenvalue weighted by Gasteiger charge is -2.11. The molecular formula is C8H9IO2. The monoisotopic (exact) mass is 264 g/mol. The standard InChI is InChI=1S/C8H9IO2/c9-7(8(10)11)6-4-2-1-3-5-6/h1-5,7-8,10-11H. The van der Waals surface area contributed by atoms with Crippen molar-refractivity contribution in [3.63, 3.8) is 0 Å². The highest BCUT2D eigenvalue weighted by molar-refractivity contribution is 14.1. The second-order valence-electron chi connectivity index (χ2n) is 2.23. The molecule has 1 atom stereocenters. The van der Waals surface area contributed by atoms with Crippen LogP contribution in [0.15, 0.2) is 30.3 Å². The Morgan fingerprint density at radius 1 is 1.09 bits per heavy atom. The van der Waals surface area contributed by atoms with E-state index in [1.165, 1.54) is 0 Å². The molecule has 0 aliphatic heterocycles. The number of hydrogen-bond acceptors (Lipinski definition) is 2. The highest BCUT2D eigenvalue weighted by atomic mass is 127. The average Bonchev–Trinajstić information content (AvgIpc) is 2.05. The molecule has 0 fully saturated rings. The van der Waals surface area contributed by atoms with Gasteiger partial charge in [0.05, 0.1) is 3.92 Å². The Kier molecular flexibility index (Phi) is 3.29. The van der Waals surface area contributed by atoms with E-state index in [4.69, 9.17) is 10.2 Å². The van der Waals surface area contributed by atoms with E-state index in [0.717, 1.165) is 5.56 Å². The number of alkyl halides is 1. The molecule has 0 aromatic heterocycles. The minimum Gasteiger partial charge on any atom is -0.367 e. The fraction of sp³-hybridized carbons (Fsp3) is 0.250. The van der Waals surface area contributed by atoms with Gasteiger partial charge in [-0.1, -0.05) is 52.9 Å². The predicted molar refractivity (Wildman–Crippen MR) is 51.4 cm³/mol. The molecule has 60 valence electrons. The second-order valence-corrected chi connectivity index (χ2v) is 3.57. The van der Waals surface area contributed by atoms with Crippen molar-refractivity contribution in [3.8, 4) is 0 Å². The molecule has 2 N–H and O–H groups in total. The summed E-state index contributed by atoms with van der Waals surface area (Å²) in [5, 5.41) is 17.6. The molecule has 0 bridgehead atoms. The molecule has 0 amide bonds. The van der Waals surface area contributed by atoms with Gasteiger partial charge in [0.1, 0.15) is 0 Å². The van der Waals surface area contributed by atoms with Crippen LogP contribution in [0.3, 0.4) is 0 Å². The van der Waals surface area contributed by atoms with E-state index >= 15 is 0 Å². The lowest BCUT2D eigenvalue weighted by Crippen LogP contribution is -2.11. The van der Waals surface area contributed by atoms with Gasteiger partial charge in [0.25, 0.3) is 0 Å². The Bertz CT molecular complexity index is 211. The Morgan fingerprint density at radius 3 is 2.09 bits per heavy atom. The molecule has 0 spiro atoms. The van der Waals surface area contributed by atoms with E-state index in [1.54, 1.807) is 0 Å². The summed E-state index contributed by atoms with van der Waals surface area (Å²) in [6, 6.07) is 9.40. The first kappa shape index (κ1) is 8.96. The molecule has 1 rings (SSSR count). The van der Waals surface area contributed by atoms with Crippen molar-refractivity contribution >= 4 is 22.6 Å². The third kappa shape index (κ3) is 2.43. The SMILES string of the molecule is OC(O)C(I)c1ccccc1. The van der Waals surface area contributed by atoms with E-state index in [2.05, 4.69) is 0 Å². The van der Waals surface area contributed by atoms with Crippen LogP contribution in [0.25, 0.3) is 0 Å². The molecule has 0 aliphatic carbocycles. The van der Waals surface area contributed by atoms with Crippen LogP contribution < -0.4 is 0 Å². The molecular weight excluding hydrogens is 255 g/mol. The lowest BCUT2D eigenvalue weighted by atomic mass is 10.1. The maximum Gasteiger partial charge on any atom is 0.167 e. The minimum atomic E-state index is -1.28. The van der Waals surface area contributed by atoms with Crippen molar-refractivity contribution in [2.75, 3.05) is 0 Å². The van der Waals surface area contributed by atoms with Gasteiger partial charge in [0.15, 0.2) is 6.29 Å². The van der Waals surface area contributed by atoms with Crippen LogP contribution in [-0.2, 0) is 0 Å². The molecule has 1 unspecified atom stereocenters. The molecule has 1 aromatic rings. The van der Waals surface area contributed by atoms with Gasteiger partial charge < -0.3 is 10.2 Å². The normalized spacial score (nSPS) is 13.5. The van der Waals surface area contributed by atoms with Crippen LogP contribution >= 0.6 is 22.6 Å². The first-order valence-corrected chi connectivity index (χ1v) is 4.51. The van der Waals surface area contributed by atoms with Crippen molar-refractivity contribution in [2.45, 2.75) is 10.2 Å². The summed E-state index contributed by atoms with van der Waals surface area (Å²) in [5.41, 5.74) is 0.933. The average molecular weight is 264 g/mol. The van der Waals surface area contributed by atoms with E-state index in [-0.39, 0.29) is 3.92 Å². The van der Waals surface area contributed by atoms with Gasteiger partial charge in [0, 0.05) is 0 Å². The van der Waals surface area contributed by atoms with Crippen LogP contribution in [0.5, 0.6) is 0 Å². The van der Waals surface area contributed by atoms with Crippen molar-refractivity contribution < 1.29 is 10.2 Å². The molecule has 0 saturated carbocycles. The van der Waals surface area contributed by atoms with E-state index in [1.807, 2.05) is 52.9 Å². The first-order valence-electron chi connectivity index (χ1n) is 3.27. The molecule has 2 nitrogen and oxygen atoms in total. The van der Waals surface area contributed by atoms with Gasteiger partial charge in [-0.25, -0.2) is 0 Å². The summed E-state index contributed by atoms with van der Waals surface area (Å²) >= 11 is 2.00. The Labute approximate surface area is 79.0 Å². The molecule has 0 saturated heterocycles. The molecule has 0 radical (unpaired) electrons. The van der Waals surface area contributed by atoms with Gasteiger partial charge in [-0.2, -0.15) is 0 Å². The topological polar surface area (TPSA) is 40.5 Å². The maximum absolute atomic E-state index is 8.82. The fourth-order valence-electron chi connectivity index (χ4n) is 0.809. The second kappa shape index (κ2) is 4.04. The molecule has 11 heavy (non-hydrogen) atoms. The first-order chi connectivity index (χ1) is 5.22. The Hall–Kier alpha value is -0.130. The van der Waals surface area contributed by atoms with Gasteiger partial charge in [-0.05, 0) is 5.56 Å². The third-order valence-corrected chi connectivity index (χ3v) is 2.74. The van der Waals surface area contributed by atoms with Gasteiger partial charge in [-0.15, -0.1) is 0 Å². The van der Waals surface area contributed by atoms with Crippen molar-refractivity contribution in [1.82, 2.24) is 0 Å². The largest absolute Gasteiger partial charge is 0.367 e. The predicted octanol–water partition coefficient (Wildman–Crippen LogP) is 1.47. The number of hydrogen-bond donors (Lipinski definition) is 2. The summed E-state index contributed by atoms with van der Waals surface area (Å²) in [6.07, 6.45) is -1.28. The highest BCUT2D eigenvalue weighted by Gasteiger charge is 2.13. The third-order valence-electron chi connectivity index (χ3n) is 1.38. The minimum absolute atomic E-state index is 0.242. The molecule has 0 aliphatic rings. The molecule has 3 heteroatoms. The summed E-state index contributed by atoms with van der Waals surface area (Å²) in [4.78, 5) is 0. The van der Waals surface area contributed by atoms with E-state index in [9.17, 15) is 0 Å². The lowest BCUT2D eigenvalue weighted by molar-refractivity contribution is -0.0369. The number of aliphatic hydroxyl groups excluding tert-OH is 1. The quantitative estimate of drug-likeness (QED) is 0.482. The number of rotatable bonds is 2. The summed E-state index contributed by atoms with van der Waals surface area (Å²) < 4.78 is -0.242. The highest BCUT2D eigenvalue weighted by Crippen LogP contribution is 2.25. The Morgan fingerprint density at radius 2 is 1.64 bits per heavy atom. The fourth-order valence-corrected chi connectivity index (χ4v) is 1.22. The number of benzene rings is 1. The Balaban J connectivity index is 2.77.